The van der Waals surface area contributed by atoms with Gasteiger partial charge in [-0.25, -0.2) is 0 Å². The van der Waals surface area contributed by atoms with E-state index in [1.54, 1.807) is 0 Å². The molecule has 0 atom stereocenters. The number of H-pyrrole nitrogens is 1. The van der Waals surface area contributed by atoms with Gasteiger partial charge in [0.1, 0.15) is 0 Å². The van der Waals surface area contributed by atoms with Gasteiger partial charge in [0, 0.05) is 5.69 Å². The third-order valence-corrected chi connectivity index (χ3v) is 3.32. The summed E-state index contributed by atoms with van der Waals surface area (Å²) in [6.45, 7) is 5.97. The summed E-state index contributed by atoms with van der Waals surface area (Å²) < 4.78 is 0. The fraction of sp³-hybridized carbons (Fsp3) is 0.333. The zero-order valence-electron chi connectivity index (χ0n) is 12.1. The maximum Gasteiger partial charge on any atom is 0.278 e. The molecule has 0 fully saturated rings. The Labute approximate surface area is 118 Å². The highest BCUT2D eigenvalue weighted by Crippen LogP contribution is 2.22. The molecule has 0 spiro atoms. The van der Waals surface area contributed by atoms with E-state index in [-0.39, 0.29) is 11.6 Å². The Morgan fingerprint density at radius 2 is 2.00 bits per heavy atom. The number of carbonyl (C=O) groups is 1. The molecule has 0 aliphatic rings. The van der Waals surface area contributed by atoms with E-state index in [4.69, 9.17) is 5.73 Å². The van der Waals surface area contributed by atoms with Crippen molar-refractivity contribution in [1.82, 2.24) is 10.2 Å². The lowest BCUT2D eigenvalue weighted by Gasteiger charge is -2.10. The molecule has 0 aliphatic heterocycles. The van der Waals surface area contributed by atoms with E-state index < -0.39 is 0 Å². The van der Waals surface area contributed by atoms with Crippen molar-refractivity contribution in [3.8, 4) is 0 Å². The van der Waals surface area contributed by atoms with Gasteiger partial charge in [0.25, 0.3) is 5.91 Å². The summed E-state index contributed by atoms with van der Waals surface area (Å²) in [6, 6.07) is 5.88. The van der Waals surface area contributed by atoms with Gasteiger partial charge >= 0.3 is 0 Å². The van der Waals surface area contributed by atoms with Crippen LogP contribution in [0.15, 0.2) is 18.2 Å². The number of hydrogen-bond donors (Lipinski definition) is 3. The standard InChI is InChI=1S/C15H20N4O/c1-4-6-11-12(16)14(19-18-11)15(20)17-13-9(2)7-5-8-10(13)3/h5,7-8H,4,6,16H2,1-3H3,(H,17,20)(H,18,19). The van der Waals surface area contributed by atoms with Crippen molar-refractivity contribution >= 4 is 17.3 Å². The van der Waals surface area contributed by atoms with Crippen LogP contribution in [0.3, 0.4) is 0 Å². The van der Waals surface area contributed by atoms with Gasteiger partial charge in [0.2, 0.25) is 0 Å². The highest BCUT2D eigenvalue weighted by atomic mass is 16.2. The third-order valence-electron chi connectivity index (χ3n) is 3.32. The Kier molecular flexibility index (Phi) is 4.08. The first kappa shape index (κ1) is 14.1. The number of aromatic nitrogens is 2. The Hall–Kier alpha value is -2.30. The van der Waals surface area contributed by atoms with Crippen molar-refractivity contribution in [3.63, 3.8) is 0 Å². The molecule has 4 N–H and O–H groups in total. The number of carbonyl (C=O) groups excluding carboxylic acids is 1. The number of nitrogens with one attached hydrogen (secondary N) is 2. The van der Waals surface area contributed by atoms with Crippen LogP contribution in [0.2, 0.25) is 0 Å². The summed E-state index contributed by atoms with van der Waals surface area (Å²) >= 11 is 0. The number of para-hydroxylation sites is 1. The Balaban J connectivity index is 2.25. The van der Waals surface area contributed by atoms with E-state index in [1.807, 2.05) is 32.0 Å². The number of aryl methyl sites for hydroxylation is 3. The van der Waals surface area contributed by atoms with Crippen molar-refractivity contribution in [2.24, 2.45) is 0 Å². The van der Waals surface area contributed by atoms with Crippen LogP contribution in [-0.2, 0) is 6.42 Å². The number of amides is 1. The molecule has 1 aromatic carbocycles. The second kappa shape index (κ2) is 5.77. The predicted molar refractivity (Wildman–Crippen MR) is 80.9 cm³/mol. The Morgan fingerprint density at radius 3 is 2.60 bits per heavy atom. The average Bonchev–Trinajstić information content (AvgIpc) is 2.76. The van der Waals surface area contributed by atoms with Crippen LogP contribution in [0.1, 0.15) is 40.7 Å². The number of benzene rings is 1. The number of rotatable bonds is 4. The van der Waals surface area contributed by atoms with Crippen LogP contribution in [0.5, 0.6) is 0 Å². The lowest BCUT2D eigenvalue weighted by molar-refractivity contribution is 0.102. The van der Waals surface area contributed by atoms with Crippen LogP contribution < -0.4 is 11.1 Å². The zero-order chi connectivity index (χ0) is 14.7. The molecule has 1 aromatic heterocycles. The third kappa shape index (κ3) is 2.66. The van der Waals surface area contributed by atoms with Crippen molar-refractivity contribution < 1.29 is 4.79 Å². The van der Waals surface area contributed by atoms with Crippen molar-refractivity contribution in [1.29, 1.82) is 0 Å². The normalized spacial score (nSPS) is 10.6. The van der Waals surface area contributed by atoms with Gasteiger partial charge in [-0.3, -0.25) is 9.89 Å². The topological polar surface area (TPSA) is 83.8 Å². The fourth-order valence-electron chi connectivity index (χ4n) is 2.18. The molecule has 0 unspecified atom stereocenters. The van der Waals surface area contributed by atoms with Gasteiger partial charge in [-0.2, -0.15) is 5.10 Å². The molecule has 106 valence electrons. The van der Waals surface area contributed by atoms with Crippen molar-refractivity contribution in [3.05, 3.63) is 40.7 Å². The summed E-state index contributed by atoms with van der Waals surface area (Å²) in [5.41, 5.74) is 10.3. The molecule has 0 bridgehead atoms. The second-order valence-electron chi connectivity index (χ2n) is 4.94. The first-order valence-electron chi connectivity index (χ1n) is 6.74. The molecular formula is C15H20N4O. The molecule has 5 heteroatoms. The monoisotopic (exact) mass is 272 g/mol. The minimum absolute atomic E-state index is 0.260. The summed E-state index contributed by atoms with van der Waals surface area (Å²) in [5, 5.41) is 9.75. The second-order valence-corrected chi connectivity index (χ2v) is 4.94. The lowest BCUT2D eigenvalue weighted by atomic mass is 10.1. The Morgan fingerprint density at radius 1 is 1.35 bits per heavy atom. The van der Waals surface area contributed by atoms with Crippen LogP contribution >= 0.6 is 0 Å². The van der Waals surface area contributed by atoms with E-state index in [9.17, 15) is 4.79 Å². The largest absolute Gasteiger partial charge is 0.395 e. The maximum atomic E-state index is 12.3. The van der Waals surface area contributed by atoms with E-state index in [2.05, 4.69) is 22.4 Å². The van der Waals surface area contributed by atoms with E-state index in [0.717, 1.165) is 35.3 Å². The first-order valence-corrected chi connectivity index (χ1v) is 6.74. The molecule has 1 heterocycles. The first-order chi connectivity index (χ1) is 9.54. The molecule has 0 saturated heterocycles. The lowest BCUT2D eigenvalue weighted by Crippen LogP contribution is -2.16. The van der Waals surface area contributed by atoms with E-state index in [1.165, 1.54) is 0 Å². The van der Waals surface area contributed by atoms with Crippen molar-refractivity contribution in [2.45, 2.75) is 33.6 Å². The van der Waals surface area contributed by atoms with E-state index in [0.29, 0.717) is 5.69 Å². The molecule has 1 amide bonds. The average molecular weight is 272 g/mol. The summed E-state index contributed by atoms with van der Waals surface area (Å²) in [4.78, 5) is 12.3. The van der Waals surface area contributed by atoms with Crippen LogP contribution in [0, 0.1) is 13.8 Å². The van der Waals surface area contributed by atoms with Gasteiger partial charge in [-0.15, -0.1) is 0 Å². The SMILES string of the molecule is CCCc1[nH]nc(C(=O)Nc2c(C)cccc2C)c1N. The minimum Gasteiger partial charge on any atom is -0.395 e. The quantitative estimate of drug-likeness (QED) is 0.800. The number of aromatic amines is 1. The molecule has 2 aromatic rings. The maximum absolute atomic E-state index is 12.3. The molecule has 0 radical (unpaired) electrons. The minimum atomic E-state index is -0.279. The summed E-state index contributed by atoms with van der Waals surface area (Å²) in [7, 11) is 0. The highest BCUT2D eigenvalue weighted by Gasteiger charge is 2.18. The van der Waals surface area contributed by atoms with Crippen molar-refractivity contribution in [2.75, 3.05) is 11.1 Å². The van der Waals surface area contributed by atoms with Crippen LogP contribution in [0.25, 0.3) is 0 Å². The smallest absolute Gasteiger partial charge is 0.278 e. The van der Waals surface area contributed by atoms with Gasteiger partial charge in [0.05, 0.1) is 11.4 Å². The molecule has 2 rings (SSSR count). The number of nitrogens with zero attached hydrogens (tertiary/aromatic N) is 1. The summed E-state index contributed by atoms with van der Waals surface area (Å²) in [6.07, 6.45) is 1.74. The molecule has 5 nitrogen and oxygen atoms in total. The van der Waals surface area contributed by atoms with Crippen LogP contribution in [-0.4, -0.2) is 16.1 Å². The van der Waals surface area contributed by atoms with E-state index >= 15 is 0 Å². The molecular weight excluding hydrogens is 252 g/mol. The summed E-state index contributed by atoms with van der Waals surface area (Å²) in [5.74, 6) is -0.279. The zero-order valence-corrected chi connectivity index (χ0v) is 12.1. The van der Waals surface area contributed by atoms with Gasteiger partial charge in [-0.1, -0.05) is 31.5 Å². The predicted octanol–water partition coefficient (Wildman–Crippen LogP) is 2.81. The molecule has 0 saturated carbocycles. The van der Waals surface area contributed by atoms with Gasteiger partial charge in [-0.05, 0) is 31.4 Å². The van der Waals surface area contributed by atoms with Gasteiger partial charge in [0.15, 0.2) is 5.69 Å². The number of anilines is 2. The Bertz CT molecular complexity index is 611. The molecule has 0 aliphatic carbocycles. The molecule has 20 heavy (non-hydrogen) atoms. The number of nitrogens with two attached hydrogens (primary N) is 1. The highest BCUT2D eigenvalue weighted by molar-refractivity contribution is 6.07. The van der Waals surface area contributed by atoms with Crippen LogP contribution in [0.4, 0.5) is 11.4 Å². The van der Waals surface area contributed by atoms with Gasteiger partial charge < -0.3 is 11.1 Å². The fourth-order valence-corrected chi connectivity index (χ4v) is 2.18. The number of nitrogen functional groups attached to an aromatic ring is 1. The number of hydrogen-bond acceptors (Lipinski definition) is 3.